The Morgan fingerprint density at radius 3 is 2.64 bits per heavy atom. The highest BCUT2D eigenvalue weighted by atomic mass is 79.9. The molecule has 1 aliphatic rings. The summed E-state index contributed by atoms with van der Waals surface area (Å²) in [6.45, 7) is 2.87. The quantitative estimate of drug-likeness (QED) is 0.773. The number of rotatable bonds is 1. The van der Waals surface area contributed by atoms with E-state index in [1.165, 1.54) is 6.07 Å². The third-order valence-electron chi connectivity index (χ3n) is 2.28. The molecule has 0 radical (unpaired) electrons. The predicted octanol–water partition coefficient (Wildman–Crippen LogP) is 2.81. The molecule has 2 nitrogen and oxygen atoms in total. The van der Waals surface area contributed by atoms with Crippen LogP contribution in [0.25, 0.3) is 0 Å². The van der Waals surface area contributed by atoms with Crippen LogP contribution in [0, 0.1) is 5.82 Å². The molecule has 14 heavy (non-hydrogen) atoms. The van der Waals surface area contributed by atoms with Crippen LogP contribution in [0.2, 0.25) is 0 Å². The molecule has 0 atom stereocenters. The van der Waals surface area contributed by atoms with Crippen LogP contribution in [0.3, 0.4) is 0 Å². The van der Waals surface area contributed by atoms with Crippen LogP contribution in [-0.2, 0) is 15.3 Å². The molecule has 1 aromatic carbocycles. The number of hydrogen-bond acceptors (Lipinski definition) is 2. The highest BCUT2D eigenvalue weighted by Crippen LogP contribution is 2.36. The zero-order chi connectivity index (χ0) is 10.2. The summed E-state index contributed by atoms with van der Waals surface area (Å²) in [6, 6.07) is 4.83. The summed E-state index contributed by atoms with van der Waals surface area (Å²) in [6.07, 6.45) is 0. The largest absolute Gasteiger partial charge is 0.344 e. The van der Waals surface area contributed by atoms with Crippen molar-refractivity contribution >= 4 is 15.9 Å². The summed E-state index contributed by atoms with van der Waals surface area (Å²) in [5.41, 5.74) is 0.690. The molecule has 0 unspecified atom stereocenters. The maximum atomic E-state index is 13.2. The molecule has 0 saturated carbocycles. The fraction of sp³-hybridized carbons (Fsp3) is 0.400. The average molecular weight is 261 g/mol. The SMILES string of the molecule is CC1(c2cccc(F)c2Br)OCCO1. The van der Waals surface area contributed by atoms with Gasteiger partial charge in [0.1, 0.15) is 5.82 Å². The molecule has 1 aliphatic heterocycles. The van der Waals surface area contributed by atoms with E-state index in [0.717, 1.165) is 0 Å². The first-order valence-electron chi connectivity index (χ1n) is 4.36. The van der Waals surface area contributed by atoms with Crippen molar-refractivity contribution < 1.29 is 13.9 Å². The minimum atomic E-state index is -0.819. The van der Waals surface area contributed by atoms with Gasteiger partial charge in [0.25, 0.3) is 0 Å². The lowest BCUT2D eigenvalue weighted by molar-refractivity contribution is -0.150. The molecule has 2 rings (SSSR count). The molecule has 0 N–H and O–H groups in total. The van der Waals surface area contributed by atoms with Gasteiger partial charge >= 0.3 is 0 Å². The Balaban J connectivity index is 2.45. The first-order valence-corrected chi connectivity index (χ1v) is 5.15. The Morgan fingerprint density at radius 2 is 2.00 bits per heavy atom. The van der Waals surface area contributed by atoms with Crippen LogP contribution in [0.15, 0.2) is 22.7 Å². The molecule has 1 fully saturated rings. The summed E-state index contributed by atoms with van der Waals surface area (Å²) >= 11 is 3.19. The van der Waals surface area contributed by atoms with E-state index in [9.17, 15) is 4.39 Å². The minimum absolute atomic E-state index is 0.303. The van der Waals surface area contributed by atoms with Gasteiger partial charge in [0.2, 0.25) is 0 Å². The third-order valence-corrected chi connectivity index (χ3v) is 3.09. The first kappa shape index (κ1) is 10.1. The number of hydrogen-bond donors (Lipinski definition) is 0. The van der Waals surface area contributed by atoms with Crippen LogP contribution >= 0.6 is 15.9 Å². The smallest absolute Gasteiger partial charge is 0.193 e. The summed E-state index contributed by atoms with van der Waals surface area (Å²) in [5.74, 6) is -1.12. The zero-order valence-corrected chi connectivity index (χ0v) is 9.30. The van der Waals surface area contributed by atoms with Crippen molar-refractivity contribution in [3.8, 4) is 0 Å². The second-order valence-corrected chi connectivity index (χ2v) is 4.04. The van der Waals surface area contributed by atoms with Gasteiger partial charge in [-0.2, -0.15) is 0 Å². The van der Waals surface area contributed by atoms with E-state index in [1.54, 1.807) is 19.1 Å². The zero-order valence-electron chi connectivity index (χ0n) is 7.72. The van der Waals surface area contributed by atoms with E-state index in [1.807, 2.05) is 0 Å². The maximum Gasteiger partial charge on any atom is 0.193 e. The van der Waals surface area contributed by atoms with Gasteiger partial charge in [0.15, 0.2) is 5.79 Å². The van der Waals surface area contributed by atoms with E-state index in [2.05, 4.69) is 15.9 Å². The van der Waals surface area contributed by atoms with E-state index >= 15 is 0 Å². The second-order valence-electron chi connectivity index (χ2n) is 3.24. The van der Waals surface area contributed by atoms with Crippen molar-refractivity contribution in [2.45, 2.75) is 12.7 Å². The molecule has 1 heterocycles. The normalized spacial score (nSPS) is 19.9. The van der Waals surface area contributed by atoms with Crippen LogP contribution in [-0.4, -0.2) is 13.2 Å². The highest BCUT2D eigenvalue weighted by molar-refractivity contribution is 9.10. The van der Waals surface area contributed by atoms with E-state index in [4.69, 9.17) is 9.47 Å². The second kappa shape index (κ2) is 3.61. The van der Waals surface area contributed by atoms with E-state index in [0.29, 0.717) is 23.2 Å². The summed E-state index contributed by atoms with van der Waals surface area (Å²) in [5, 5.41) is 0. The Hall–Kier alpha value is -0.450. The van der Waals surface area contributed by atoms with Crippen molar-refractivity contribution in [2.24, 2.45) is 0 Å². The monoisotopic (exact) mass is 260 g/mol. The molecule has 1 aromatic rings. The first-order chi connectivity index (χ1) is 6.63. The topological polar surface area (TPSA) is 18.5 Å². The van der Waals surface area contributed by atoms with Gasteiger partial charge in [0, 0.05) is 5.56 Å². The Bertz CT molecular complexity index is 348. The van der Waals surface area contributed by atoms with E-state index < -0.39 is 5.79 Å². The summed E-state index contributed by atoms with van der Waals surface area (Å²) in [4.78, 5) is 0. The number of halogens is 2. The van der Waals surface area contributed by atoms with Gasteiger partial charge < -0.3 is 9.47 Å². The van der Waals surface area contributed by atoms with Crippen LogP contribution < -0.4 is 0 Å². The number of ether oxygens (including phenoxy) is 2. The Kier molecular flexibility index (Phi) is 2.60. The molecular weight excluding hydrogens is 251 g/mol. The van der Waals surface area contributed by atoms with Crippen molar-refractivity contribution in [1.29, 1.82) is 0 Å². The Labute approximate surface area is 90.1 Å². The van der Waals surface area contributed by atoms with Crippen molar-refractivity contribution in [3.05, 3.63) is 34.1 Å². The highest BCUT2D eigenvalue weighted by Gasteiger charge is 2.35. The van der Waals surface area contributed by atoms with Crippen LogP contribution in [0.4, 0.5) is 4.39 Å². The molecule has 0 spiro atoms. The number of benzene rings is 1. The molecule has 76 valence electrons. The van der Waals surface area contributed by atoms with E-state index in [-0.39, 0.29) is 5.82 Å². The standard InChI is InChI=1S/C10H10BrFO2/c1-10(13-5-6-14-10)7-3-2-4-8(12)9(7)11/h2-4H,5-6H2,1H3. The predicted molar refractivity (Wildman–Crippen MR) is 53.4 cm³/mol. The lowest BCUT2D eigenvalue weighted by Gasteiger charge is -2.23. The van der Waals surface area contributed by atoms with Gasteiger partial charge in [-0.1, -0.05) is 12.1 Å². The maximum absolute atomic E-state index is 13.2. The fourth-order valence-electron chi connectivity index (χ4n) is 1.52. The molecule has 0 bridgehead atoms. The molecule has 0 amide bonds. The molecule has 0 aromatic heterocycles. The molecule has 1 saturated heterocycles. The summed E-state index contributed by atoms with van der Waals surface area (Å²) in [7, 11) is 0. The van der Waals surface area contributed by atoms with Crippen LogP contribution in [0.1, 0.15) is 12.5 Å². The summed E-state index contributed by atoms with van der Waals surface area (Å²) < 4.78 is 24.5. The fourth-order valence-corrected chi connectivity index (χ4v) is 2.15. The van der Waals surface area contributed by atoms with Gasteiger partial charge in [-0.3, -0.25) is 0 Å². The van der Waals surface area contributed by atoms with Gasteiger partial charge in [0.05, 0.1) is 17.7 Å². The van der Waals surface area contributed by atoms with Gasteiger partial charge in [-0.25, -0.2) is 4.39 Å². The minimum Gasteiger partial charge on any atom is -0.344 e. The van der Waals surface area contributed by atoms with Gasteiger partial charge in [-0.15, -0.1) is 0 Å². The molecular formula is C10H10BrFO2. The lowest BCUT2D eigenvalue weighted by Crippen LogP contribution is -2.23. The molecule has 0 aliphatic carbocycles. The van der Waals surface area contributed by atoms with Crippen LogP contribution in [0.5, 0.6) is 0 Å². The average Bonchev–Trinajstić information content (AvgIpc) is 2.58. The lowest BCUT2D eigenvalue weighted by atomic mass is 10.1. The molecule has 4 heteroatoms. The third kappa shape index (κ3) is 1.58. The van der Waals surface area contributed by atoms with Crippen molar-refractivity contribution in [1.82, 2.24) is 0 Å². The Morgan fingerprint density at radius 1 is 1.36 bits per heavy atom. The van der Waals surface area contributed by atoms with Gasteiger partial charge in [-0.05, 0) is 28.9 Å². The van der Waals surface area contributed by atoms with Crippen molar-refractivity contribution in [2.75, 3.05) is 13.2 Å². The van der Waals surface area contributed by atoms with Crippen molar-refractivity contribution in [3.63, 3.8) is 0 Å².